The highest BCUT2D eigenvalue weighted by Crippen LogP contribution is 2.45. The summed E-state index contributed by atoms with van der Waals surface area (Å²) in [6.07, 6.45) is 1.74. The summed E-state index contributed by atoms with van der Waals surface area (Å²) in [6.45, 7) is 5.44. The molecule has 7 heteroatoms. The van der Waals surface area contributed by atoms with Crippen LogP contribution in [-0.4, -0.2) is 5.11 Å². The fourth-order valence-electron chi connectivity index (χ4n) is 4.80. The lowest BCUT2D eigenvalue weighted by Gasteiger charge is -2.27. The first kappa shape index (κ1) is 23.5. The van der Waals surface area contributed by atoms with Gasteiger partial charge in [0.25, 0.3) is 0 Å². The summed E-state index contributed by atoms with van der Waals surface area (Å²) in [5.74, 6) is 1.30. The van der Waals surface area contributed by atoms with Crippen LogP contribution in [0.15, 0.2) is 45.3 Å². The van der Waals surface area contributed by atoms with Crippen LogP contribution in [-0.2, 0) is 29.4 Å². The molecule has 1 aliphatic heterocycles. The van der Waals surface area contributed by atoms with Crippen molar-refractivity contribution in [1.82, 2.24) is 0 Å². The van der Waals surface area contributed by atoms with Crippen molar-refractivity contribution in [3.8, 4) is 5.75 Å². The first-order valence-corrected chi connectivity index (χ1v) is 11.4. The maximum absolute atomic E-state index is 13.1. The molecule has 1 aromatic heterocycles. The molecule has 2 unspecified atom stereocenters. The largest absolute Gasteiger partial charge is 0.507 e. The molecule has 1 aliphatic carbocycles. The molecule has 33 heavy (non-hydrogen) atoms. The van der Waals surface area contributed by atoms with Crippen molar-refractivity contribution in [3.05, 3.63) is 74.5 Å². The van der Waals surface area contributed by atoms with Gasteiger partial charge in [-0.05, 0) is 62.8 Å². The third kappa shape index (κ3) is 4.82. The number of halogens is 3. The normalized spacial score (nSPS) is 21.6. The molecule has 1 fully saturated rings. The molecule has 0 bridgehead atoms. The second-order valence-electron chi connectivity index (χ2n) is 9.44. The Morgan fingerprint density at radius 3 is 2.39 bits per heavy atom. The first-order valence-electron chi connectivity index (χ1n) is 11.4. The Balaban J connectivity index is 1.71. The van der Waals surface area contributed by atoms with Crippen LogP contribution in [0.5, 0.6) is 5.75 Å². The maximum Gasteiger partial charge on any atom is 0.416 e. The van der Waals surface area contributed by atoms with Crippen LogP contribution in [0.1, 0.15) is 80.4 Å². The predicted octanol–water partition coefficient (Wildman–Crippen LogP) is 6.59. The van der Waals surface area contributed by atoms with Gasteiger partial charge in [-0.25, -0.2) is 4.79 Å². The van der Waals surface area contributed by atoms with Gasteiger partial charge in [0.05, 0.1) is 11.3 Å². The second kappa shape index (κ2) is 8.58. The molecule has 2 atom stereocenters. The highest BCUT2D eigenvalue weighted by Gasteiger charge is 2.40. The van der Waals surface area contributed by atoms with Crippen molar-refractivity contribution in [2.45, 2.75) is 77.0 Å². The van der Waals surface area contributed by atoms with Crippen LogP contribution < -0.4 is 5.63 Å². The number of rotatable bonds is 7. The number of hydrogen-bond acceptors (Lipinski definition) is 4. The van der Waals surface area contributed by atoms with E-state index >= 15 is 0 Å². The minimum absolute atomic E-state index is 0.0948. The van der Waals surface area contributed by atoms with E-state index in [-0.39, 0.29) is 17.2 Å². The number of allylic oxidation sites excluding steroid dienone is 1. The molecular formula is C26H29F3O4. The topological polar surface area (TPSA) is 59.7 Å². The van der Waals surface area contributed by atoms with Gasteiger partial charge in [0.1, 0.15) is 22.7 Å². The zero-order chi connectivity index (χ0) is 24.0. The Kier molecular flexibility index (Phi) is 6.10. The van der Waals surface area contributed by atoms with E-state index in [1.165, 1.54) is 12.1 Å². The zero-order valence-corrected chi connectivity index (χ0v) is 19.1. The van der Waals surface area contributed by atoms with Gasteiger partial charge in [0, 0.05) is 17.9 Å². The number of hydrogen-bond donors (Lipinski definition) is 1. The Labute approximate surface area is 191 Å². The lowest BCUT2D eigenvalue weighted by molar-refractivity contribution is -0.137. The Bertz CT molecular complexity index is 1110. The lowest BCUT2D eigenvalue weighted by Crippen LogP contribution is -2.30. The number of alkyl halides is 3. The molecule has 4 nitrogen and oxygen atoms in total. The average Bonchev–Trinajstić information content (AvgIpc) is 3.48. The van der Waals surface area contributed by atoms with E-state index in [1.54, 1.807) is 13.8 Å². The van der Waals surface area contributed by atoms with Gasteiger partial charge in [-0.3, -0.25) is 0 Å². The SMILES string of the molecule is CCc1c(C(Cc2ccc(C(F)(F)F)cc2)CC2CC2)oc(=O)c(C2(C)CC=C(C)O2)c1O. The molecule has 2 aliphatic rings. The van der Waals surface area contributed by atoms with Crippen molar-refractivity contribution in [1.29, 1.82) is 0 Å². The summed E-state index contributed by atoms with van der Waals surface area (Å²) < 4.78 is 50.6. The Morgan fingerprint density at radius 1 is 1.21 bits per heavy atom. The molecule has 0 spiro atoms. The highest BCUT2D eigenvalue weighted by molar-refractivity contribution is 5.45. The molecule has 1 saturated carbocycles. The summed E-state index contributed by atoms with van der Waals surface area (Å²) in [6, 6.07) is 5.11. The van der Waals surface area contributed by atoms with E-state index in [0.717, 1.165) is 37.0 Å². The molecule has 1 aromatic carbocycles. The van der Waals surface area contributed by atoms with Crippen LogP contribution in [0.25, 0.3) is 0 Å². The van der Waals surface area contributed by atoms with E-state index in [9.17, 15) is 23.1 Å². The van der Waals surface area contributed by atoms with Crippen molar-refractivity contribution in [3.63, 3.8) is 0 Å². The van der Waals surface area contributed by atoms with E-state index in [2.05, 4.69) is 0 Å². The zero-order valence-electron chi connectivity index (χ0n) is 19.1. The van der Waals surface area contributed by atoms with Crippen LogP contribution >= 0.6 is 0 Å². The number of ether oxygens (including phenoxy) is 1. The van der Waals surface area contributed by atoms with Gasteiger partial charge in [0.2, 0.25) is 0 Å². The van der Waals surface area contributed by atoms with Crippen LogP contribution in [0.2, 0.25) is 0 Å². The second-order valence-corrected chi connectivity index (χ2v) is 9.44. The molecule has 0 radical (unpaired) electrons. The quantitative estimate of drug-likeness (QED) is 0.504. The number of aromatic hydroxyl groups is 1. The van der Waals surface area contributed by atoms with Crippen molar-refractivity contribution >= 4 is 0 Å². The molecule has 178 valence electrons. The lowest BCUT2D eigenvalue weighted by atomic mass is 9.86. The van der Waals surface area contributed by atoms with Crippen LogP contribution in [0, 0.1) is 5.92 Å². The predicted molar refractivity (Wildman–Crippen MR) is 118 cm³/mol. The van der Waals surface area contributed by atoms with Crippen LogP contribution in [0.4, 0.5) is 13.2 Å². The maximum atomic E-state index is 13.1. The van der Waals surface area contributed by atoms with Gasteiger partial charge in [-0.15, -0.1) is 0 Å². The fraction of sp³-hybridized carbons (Fsp3) is 0.500. The smallest absolute Gasteiger partial charge is 0.416 e. The standard InChI is InChI=1S/C26H29F3O4/c1-4-20-22(30)21(25(3)12-11-15(2)33-25)24(31)32-23(20)18(13-16-5-6-16)14-17-7-9-19(10-8-17)26(27,28)29/h7-11,16,18,30H,4-6,12-14H2,1-3H3. The highest BCUT2D eigenvalue weighted by atomic mass is 19.4. The molecule has 1 N–H and O–H groups in total. The fourth-order valence-corrected chi connectivity index (χ4v) is 4.80. The minimum Gasteiger partial charge on any atom is -0.507 e. The van der Waals surface area contributed by atoms with E-state index < -0.39 is 23.0 Å². The van der Waals surface area contributed by atoms with Crippen molar-refractivity contribution < 1.29 is 27.4 Å². The summed E-state index contributed by atoms with van der Waals surface area (Å²) in [7, 11) is 0. The van der Waals surface area contributed by atoms with E-state index in [1.807, 2.05) is 13.0 Å². The third-order valence-corrected chi connectivity index (χ3v) is 6.72. The first-order chi connectivity index (χ1) is 15.5. The van der Waals surface area contributed by atoms with Gasteiger partial charge >= 0.3 is 11.8 Å². The molecule has 2 heterocycles. The summed E-state index contributed by atoms with van der Waals surface area (Å²) in [5, 5.41) is 11.2. The van der Waals surface area contributed by atoms with E-state index in [4.69, 9.17) is 9.15 Å². The van der Waals surface area contributed by atoms with Gasteiger partial charge in [-0.1, -0.05) is 31.9 Å². The molecule has 4 rings (SSSR count). The van der Waals surface area contributed by atoms with Gasteiger partial charge < -0.3 is 14.3 Å². The molecule has 0 amide bonds. The minimum atomic E-state index is -4.39. The molecule has 2 aromatic rings. The van der Waals surface area contributed by atoms with Crippen molar-refractivity contribution in [2.24, 2.45) is 5.92 Å². The van der Waals surface area contributed by atoms with Crippen molar-refractivity contribution in [2.75, 3.05) is 0 Å². The van der Waals surface area contributed by atoms with Gasteiger partial charge in [0.15, 0.2) is 0 Å². The summed E-state index contributed by atoms with van der Waals surface area (Å²) in [5.41, 5.74) is -0.892. The average molecular weight is 463 g/mol. The third-order valence-electron chi connectivity index (χ3n) is 6.72. The Morgan fingerprint density at radius 2 is 1.88 bits per heavy atom. The van der Waals surface area contributed by atoms with Gasteiger partial charge in [-0.2, -0.15) is 13.2 Å². The summed E-state index contributed by atoms with van der Waals surface area (Å²) >= 11 is 0. The van der Waals surface area contributed by atoms with Crippen LogP contribution in [0.3, 0.4) is 0 Å². The van der Waals surface area contributed by atoms with E-state index in [0.29, 0.717) is 42.3 Å². The molecular weight excluding hydrogens is 433 g/mol. The monoisotopic (exact) mass is 462 g/mol. The Hall–Kier alpha value is -2.70. The molecule has 0 saturated heterocycles. The summed E-state index contributed by atoms with van der Waals surface area (Å²) in [4.78, 5) is 13.1. The number of benzene rings is 1.